The summed E-state index contributed by atoms with van der Waals surface area (Å²) in [5, 5.41) is 10.7. The molecule has 0 spiro atoms. The van der Waals surface area contributed by atoms with E-state index in [9.17, 15) is 0 Å². The molecular formula is C14H17Cl2N3S. The summed E-state index contributed by atoms with van der Waals surface area (Å²) in [6.45, 7) is 4.17. The Morgan fingerprint density at radius 2 is 2.10 bits per heavy atom. The third kappa shape index (κ3) is 4.63. The van der Waals surface area contributed by atoms with Gasteiger partial charge in [0, 0.05) is 23.4 Å². The number of nitrogens with zero attached hydrogens (tertiary/aromatic N) is 1. The highest BCUT2D eigenvalue weighted by Crippen LogP contribution is 2.29. The van der Waals surface area contributed by atoms with Crippen molar-refractivity contribution in [3.05, 3.63) is 39.3 Å². The van der Waals surface area contributed by atoms with E-state index in [1.54, 1.807) is 23.5 Å². The van der Waals surface area contributed by atoms with Crippen molar-refractivity contribution in [2.45, 2.75) is 19.8 Å². The molecule has 1 heterocycles. The summed E-state index contributed by atoms with van der Waals surface area (Å²) in [5.41, 5.74) is 1.91. The van der Waals surface area contributed by atoms with Gasteiger partial charge in [0.15, 0.2) is 5.13 Å². The lowest BCUT2D eigenvalue weighted by molar-refractivity contribution is 0.667. The van der Waals surface area contributed by atoms with Gasteiger partial charge in [0.2, 0.25) is 0 Å². The number of anilines is 2. The largest absolute Gasteiger partial charge is 0.330 e. The van der Waals surface area contributed by atoms with Crippen molar-refractivity contribution in [1.82, 2.24) is 10.3 Å². The smallest absolute Gasteiger partial charge is 0.187 e. The lowest BCUT2D eigenvalue weighted by atomic mass is 10.3. The number of halogens is 2. The monoisotopic (exact) mass is 329 g/mol. The summed E-state index contributed by atoms with van der Waals surface area (Å²) in [4.78, 5) is 4.54. The van der Waals surface area contributed by atoms with Crippen LogP contribution in [-0.4, -0.2) is 18.1 Å². The fraction of sp³-hybridized carbons (Fsp3) is 0.357. The molecule has 1 aromatic carbocycles. The molecule has 0 aliphatic heterocycles. The van der Waals surface area contributed by atoms with Crippen LogP contribution in [0.5, 0.6) is 0 Å². The molecule has 0 aliphatic carbocycles. The molecule has 0 saturated heterocycles. The second-order valence-corrected chi connectivity index (χ2v) is 6.09. The Hall–Kier alpha value is -0.810. The van der Waals surface area contributed by atoms with Gasteiger partial charge in [-0.25, -0.2) is 4.98 Å². The molecule has 3 nitrogen and oxygen atoms in total. The zero-order valence-electron chi connectivity index (χ0n) is 11.2. The van der Waals surface area contributed by atoms with Crippen LogP contribution in [0.1, 0.15) is 19.0 Å². The van der Waals surface area contributed by atoms with E-state index >= 15 is 0 Å². The zero-order chi connectivity index (χ0) is 14.4. The number of benzene rings is 1. The van der Waals surface area contributed by atoms with Crippen molar-refractivity contribution in [2.75, 3.05) is 18.4 Å². The second-order valence-electron chi connectivity index (χ2n) is 4.39. The maximum atomic E-state index is 6.12. The summed E-state index contributed by atoms with van der Waals surface area (Å²) in [6.07, 6.45) is 2.09. The Morgan fingerprint density at radius 1 is 1.25 bits per heavy atom. The number of hydrogen-bond donors (Lipinski definition) is 2. The van der Waals surface area contributed by atoms with Gasteiger partial charge in [-0.2, -0.15) is 0 Å². The molecule has 0 atom stereocenters. The SMILES string of the molecule is CCCNCCc1csc(Nc2ccc(Cl)cc2Cl)n1. The predicted octanol–water partition coefficient (Wildman–Crippen LogP) is 4.74. The molecule has 2 aromatic rings. The van der Waals surface area contributed by atoms with Gasteiger partial charge in [-0.1, -0.05) is 30.1 Å². The van der Waals surface area contributed by atoms with E-state index < -0.39 is 0 Å². The van der Waals surface area contributed by atoms with Crippen LogP contribution in [0.2, 0.25) is 10.0 Å². The Morgan fingerprint density at radius 3 is 2.85 bits per heavy atom. The fourth-order valence-corrected chi connectivity index (χ4v) is 2.92. The third-order valence-corrected chi connectivity index (χ3v) is 4.06. The standard InChI is InChI=1S/C14H17Cl2N3S/c1-2-6-17-7-5-11-9-20-14(18-11)19-13-4-3-10(15)8-12(13)16/h3-4,8-9,17H,2,5-7H2,1H3,(H,18,19). The highest BCUT2D eigenvalue weighted by molar-refractivity contribution is 7.13. The predicted molar refractivity (Wildman–Crippen MR) is 88.7 cm³/mol. The van der Waals surface area contributed by atoms with Crippen LogP contribution in [0.15, 0.2) is 23.6 Å². The Kier molecular flexibility index (Phi) is 6.10. The summed E-state index contributed by atoms with van der Waals surface area (Å²) in [5.74, 6) is 0. The molecule has 2 rings (SSSR count). The average molecular weight is 330 g/mol. The van der Waals surface area contributed by atoms with Crippen LogP contribution in [0.3, 0.4) is 0 Å². The van der Waals surface area contributed by atoms with Crippen LogP contribution >= 0.6 is 34.5 Å². The van der Waals surface area contributed by atoms with Gasteiger partial charge < -0.3 is 10.6 Å². The minimum atomic E-state index is 0.596. The lowest BCUT2D eigenvalue weighted by Crippen LogP contribution is -2.17. The van der Waals surface area contributed by atoms with Crippen LogP contribution < -0.4 is 10.6 Å². The molecule has 20 heavy (non-hydrogen) atoms. The molecule has 1 aromatic heterocycles. The Bertz CT molecular complexity index is 557. The van der Waals surface area contributed by atoms with Crippen molar-refractivity contribution in [3.8, 4) is 0 Å². The first kappa shape index (κ1) is 15.6. The van der Waals surface area contributed by atoms with Crippen LogP contribution in [-0.2, 0) is 6.42 Å². The van der Waals surface area contributed by atoms with Gasteiger partial charge in [0.25, 0.3) is 0 Å². The van der Waals surface area contributed by atoms with E-state index in [1.807, 2.05) is 6.07 Å². The van der Waals surface area contributed by atoms with Crippen LogP contribution in [0, 0.1) is 0 Å². The van der Waals surface area contributed by atoms with Crippen molar-refractivity contribution >= 4 is 45.4 Å². The number of rotatable bonds is 7. The topological polar surface area (TPSA) is 37.0 Å². The number of aromatic nitrogens is 1. The van der Waals surface area contributed by atoms with Crippen molar-refractivity contribution in [1.29, 1.82) is 0 Å². The molecule has 0 saturated carbocycles. The maximum Gasteiger partial charge on any atom is 0.187 e. The molecule has 0 fully saturated rings. The van der Waals surface area contributed by atoms with Crippen molar-refractivity contribution in [2.24, 2.45) is 0 Å². The molecule has 108 valence electrons. The van der Waals surface area contributed by atoms with Gasteiger partial charge >= 0.3 is 0 Å². The fourth-order valence-electron chi connectivity index (χ4n) is 1.70. The van der Waals surface area contributed by atoms with Gasteiger partial charge in [-0.3, -0.25) is 0 Å². The summed E-state index contributed by atoms with van der Waals surface area (Å²) < 4.78 is 0. The number of thiazole rings is 1. The molecule has 6 heteroatoms. The first-order chi connectivity index (χ1) is 9.69. The zero-order valence-corrected chi connectivity index (χ0v) is 13.6. The molecule has 0 aliphatic rings. The summed E-state index contributed by atoms with van der Waals surface area (Å²) in [7, 11) is 0. The summed E-state index contributed by atoms with van der Waals surface area (Å²) >= 11 is 13.6. The number of hydrogen-bond acceptors (Lipinski definition) is 4. The maximum absolute atomic E-state index is 6.12. The second kappa shape index (κ2) is 7.84. The van der Waals surface area contributed by atoms with Gasteiger partial charge in [0.05, 0.1) is 16.4 Å². The Balaban J connectivity index is 1.92. The minimum absolute atomic E-state index is 0.596. The van der Waals surface area contributed by atoms with E-state index in [1.165, 1.54) is 0 Å². The molecule has 2 N–H and O–H groups in total. The number of nitrogens with one attached hydrogen (secondary N) is 2. The Labute approximate surface area is 133 Å². The van der Waals surface area contributed by atoms with E-state index in [-0.39, 0.29) is 0 Å². The molecular weight excluding hydrogens is 313 g/mol. The lowest BCUT2D eigenvalue weighted by Gasteiger charge is -2.05. The average Bonchev–Trinajstić information content (AvgIpc) is 2.86. The minimum Gasteiger partial charge on any atom is -0.330 e. The van der Waals surface area contributed by atoms with Crippen molar-refractivity contribution < 1.29 is 0 Å². The van der Waals surface area contributed by atoms with E-state index in [4.69, 9.17) is 23.2 Å². The first-order valence-electron chi connectivity index (χ1n) is 6.56. The van der Waals surface area contributed by atoms with Crippen LogP contribution in [0.25, 0.3) is 0 Å². The quantitative estimate of drug-likeness (QED) is 0.720. The molecule has 0 amide bonds. The summed E-state index contributed by atoms with van der Waals surface area (Å²) in [6, 6.07) is 5.38. The first-order valence-corrected chi connectivity index (χ1v) is 8.20. The third-order valence-electron chi connectivity index (χ3n) is 2.71. The van der Waals surface area contributed by atoms with E-state index in [0.717, 1.165) is 42.4 Å². The van der Waals surface area contributed by atoms with Crippen molar-refractivity contribution in [3.63, 3.8) is 0 Å². The van der Waals surface area contributed by atoms with Gasteiger partial charge in [-0.05, 0) is 31.2 Å². The van der Waals surface area contributed by atoms with E-state index in [2.05, 4.69) is 27.9 Å². The molecule has 0 radical (unpaired) electrons. The van der Waals surface area contributed by atoms with E-state index in [0.29, 0.717) is 10.0 Å². The molecule has 0 bridgehead atoms. The highest BCUT2D eigenvalue weighted by atomic mass is 35.5. The van der Waals surface area contributed by atoms with Crippen LogP contribution in [0.4, 0.5) is 10.8 Å². The molecule has 0 unspecified atom stereocenters. The normalized spacial score (nSPS) is 10.8. The highest BCUT2D eigenvalue weighted by Gasteiger charge is 2.05. The van der Waals surface area contributed by atoms with Gasteiger partial charge in [-0.15, -0.1) is 11.3 Å². The van der Waals surface area contributed by atoms with Gasteiger partial charge in [0.1, 0.15) is 0 Å².